The molecule has 3 aliphatic heterocycles. The molecule has 2 saturated heterocycles. The summed E-state index contributed by atoms with van der Waals surface area (Å²) in [6.45, 7) is 5.00. The molecule has 2 aromatic rings. The largest absolute Gasteiger partial charge is 0.502 e. The number of hydrogen-bond acceptors (Lipinski definition) is 5. The van der Waals surface area contributed by atoms with E-state index in [0.29, 0.717) is 17.2 Å². The SMILES string of the molecule is C=C1N=c2ccccc2=C2C(=O)N3CCC[C@H]3[C@H](c3cc(OC)c(O)c(OC)c3)C12. The van der Waals surface area contributed by atoms with Gasteiger partial charge in [-0.3, -0.25) is 9.79 Å². The van der Waals surface area contributed by atoms with E-state index >= 15 is 0 Å². The first-order valence-corrected chi connectivity index (χ1v) is 10.2. The molecule has 3 heterocycles. The third kappa shape index (κ3) is 2.56. The molecule has 0 saturated carbocycles. The highest BCUT2D eigenvalue weighted by Gasteiger charge is 2.50. The van der Waals surface area contributed by atoms with Crippen LogP contribution >= 0.6 is 0 Å². The van der Waals surface area contributed by atoms with Gasteiger partial charge in [0.15, 0.2) is 11.5 Å². The zero-order valence-electron chi connectivity index (χ0n) is 17.1. The van der Waals surface area contributed by atoms with Gasteiger partial charge < -0.3 is 19.5 Å². The van der Waals surface area contributed by atoms with Gasteiger partial charge in [-0.05, 0) is 36.6 Å². The Hall–Kier alpha value is -3.28. The van der Waals surface area contributed by atoms with Crippen molar-refractivity contribution in [2.24, 2.45) is 10.9 Å². The molecule has 2 aromatic carbocycles. The number of rotatable bonds is 3. The van der Waals surface area contributed by atoms with Gasteiger partial charge >= 0.3 is 0 Å². The second-order valence-electron chi connectivity index (χ2n) is 8.02. The summed E-state index contributed by atoms with van der Waals surface area (Å²) in [5, 5.41) is 12.1. The number of benzene rings is 2. The molecule has 1 amide bonds. The Morgan fingerprint density at radius 2 is 1.87 bits per heavy atom. The standard InChI is InChI=1S/C24H24N2O4/c1-13-20-21(14-11-18(29-2)23(27)19(12-14)30-3)17-9-6-10-26(17)24(28)22(20)15-7-4-5-8-16(15)25-13/h4-5,7-8,11-12,17,20-21,27H,1,6,9-10H2,2-3H3/t17-,20?,21-/m0/s1. The number of piperidine rings is 1. The Kier molecular flexibility index (Phi) is 4.31. The Balaban J connectivity index is 1.78. The molecule has 0 bridgehead atoms. The van der Waals surface area contributed by atoms with Crippen LogP contribution in [0, 0.1) is 5.92 Å². The maximum Gasteiger partial charge on any atom is 0.251 e. The van der Waals surface area contributed by atoms with E-state index in [9.17, 15) is 9.90 Å². The Bertz CT molecular complexity index is 1160. The monoisotopic (exact) mass is 404 g/mol. The van der Waals surface area contributed by atoms with Crippen molar-refractivity contribution in [2.45, 2.75) is 24.8 Å². The van der Waals surface area contributed by atoms with Crippen LogP contribution in [0.4, 0.5) is 0 Å². The van der Waals surface area contributed by atoms with Gasteiger partial charge in [0.2, 0.25) is 5.75 Å². The Labute approximate surface area is 174 Å². The lowest BCUT2D eigenvalue weighted by Gasteiger charge is -2.44. The molecule has 1 N–H and O–H groups in total. The van der Waals surface area contributed by atoms with Crippen LogP contribution in [0.25, 0.3) is 5.57 Å². The van der Waals surface area contributed by atoms with Crippen LogP contribution in [0.5, 0.6) is 17.2 Å². The number of methoxy groups -OCH3 is 2. The lowest BCUT2D eigenvalue weighted by atomic mass is 9.70. The molecular weight excluding hydrogens is 380 g/mol. The van der Waals surface area contributed by atoms with E-state index in [-0.39, 0.29) is 29.5 Å². The number of ether oxygens (including phenoxy) is 2. The summed E-state index contributed by atoms with van der Waals surface area (Å²) in [5.74, 6) is 0.483. The summed E-state index contributed by atoms with van der Waals surface area (Å²) >= 11 is 0. The van der Waals surface area contributed by atoms with Crippen LogP contribution in [0.15, 0.2) is 53.7 Å². The van der Waals surface area contributed by atoms with E-state index in [1.165, 1.54) is 14.2 Å². The number of nitrogens with zero attached hydrogens (tertiary/aromatic N) is 2. The quantitative estimate of drug-likeness (QED) is 0.851. The van der Waals surface area contributed by atoms with Crippen molar-refractivity contribution < 1.29 is 19.4 Å². The predicted molar refractivity (Wildman–Crippen MR) is 112 cm³/mol. The molecule has 154 valence electrons. The van der Waals surface area contributed by atoms with E-state index in [4.69, 9.17) is 14.5 Å². The van der Waals surface area contributed by atoms with E-state index in [2.05, 4.69) is 6.58 Å². The first kappa shape index (κ1) is 18.7. The Morgan fingerprint density at radius 1 is 1.17 bits per heavy atom. The van der Waals surface area contributed by atoms with Crippen LogP contribution < -0.4 is 20.0 Å². The van der Waals surface area contributed by atoms with Crippen LogP contribution in [-0.2, 0) is 4.79 Å². The molecule has 1 unspecified atom stereocenters. The third-order valence-corrected chi connectivity index (χ3v) is 6.58. The van der Waals surface area contributed by atoms with Gasteiger partial charge in [0.05, 0.1) is 19.6 Å². The highest BCUT2D eigenvalue weighted by atomic mass is 16.5. The second-order valence-corrected chi connectivity index (χ2v) is 8.02. The van der Waals surface area contributed by atoms with Crippen molar-refractivity contribution in [3.63, 3.8) is 0 Å². The average molecular weight is 404 g/mol. The number of aromatic hydroxyl groups is 1. The van der Waals surface area contributed by atoms with Crippen molar-refractivity contribution in [3.8, 4) is 17.2 Å². The van der Waals surface area contributed by atoms with Gasteiger partial charge in [0, 0.05) is 40.9 Å². The number of para-hydroxylation sites is 1. The number of fused-ring (bicyclic) bond motifs is 3. The van der Waals surface area contributed by atoms with Gasteiger partial charge in [0.1, 0.15) is 0 Å². The number of carbonyl (C=O) groups excluding carboxylic acids is 1. The lowest BCUT2D eigenvalue weighted by Crippen LogP contribution is -2.53. The molecular formula is C24H24N2O4. The van der Waals surface area contributed by atoms with Gasteiger partial charge in [-0.2, -0.15) is 0 Å². The van der Waals surface area contributed by atoms with Crippen LogP contribution in [0.3, 0.4) is 0 Å². The number of phenols is 1. The summed E-state index contributed by atoms with van der Waals surface area (Å²) < 4.78 is 10.8. The van der Waals surface area contributed by atoms with Crippen LogP contribution in [0.1, 0.15) is 24.3 Å². The van der Waals surface area contributed by atoms with E-state index < -0.39 is 0 Å². The lowest BCUT2D eigenvalue weighted by molar-refractivity contribution is -0.128. The first-order chi connectivity index (χ1) is 14.5. The molecule has 0 aliphatic carbocycles. The van der Waals surface area contributed by atoms with Crippen molar-refractivity contribution in [1.82, 2.24) is 4.90 Å². The van der Waals surface area contributed by atoms with E-state index in [1.54, 1.807) is 0 Å². The minimum atomic E-state index is -0.231. The maximum atomic E-state index is 13.5. The topological polar surface area (TPSA) is 71.4 Å². The van der Waals surface area contributed by atoms with Crippen molar-refractivity contribution in [2.75, 3.05) is 20.8 Å². The fraction of sp³-hybridized carbons (Fsp3) is 0.333. The molecule has 0 aromatic heterocycles. The second kappa shape index (κ2) is 6.90. The summed E-state index contributed by atoms with van der Waals surface area (Å²) in [6.07, 6.45) is 1.88. The summed E-state index contributed by atoms with van der Waals surface area (Å²) in [6, 6.07) is 11.5. The molecule has 0 spiro atoms. The minimum Gasteiger partial charge on any atom is -0.502 e. The smallest absolute Gasteiger partial charge is 0.251 e. The molecule has 3 aliphatic rings. The third-order valence-electron chi connectivity index (χ3n) is 6.58. The van der Waals surface area contributed by atoms with E-state index in [0.717, 1.165) is 41.1 Å². The average Bonchev–Trinajstić information content (AvgIpc) is 3.24. The first-order valence-electron chi connectivity index (χ1n) is 10.2. The van der Waals surface area contributed by atoms with Crippen LogP contribution in [0.2, 0.25) is 0 Å². The Morgan fingerprint density at radius 3 is 2.57 bits per heavy atom. The van der Waals surface area contributed by atoms with Gasteiger partial charge in [-0.15, -0.1) is 0 Å². The zero-order valence-corrected chi connectivity index (χ0v) is 17.1. The summed E-state index contributed by atoms with van der Waals surface area (Å²) in [4.78, 5) is 20.3. The summed E-state index contributed by atoms with van der Waals surface area (Å²) in [5.41, 5.74) is 2.41. The fourth-order valence-corrected chi connectivity index (χ4v) is 5.31. The van der Waals surface area contributed by atoms with Crippen molar-refractivity contribution in [1.29, 1.82) is 0 Å². The number of hydrogen-bond donors (Lipinski definition) is 1. The van der Waals surface area contributed by atoms with Gasteiger partial charge in [0.25, 0.3) is 5.91 Å². The molecule has 30 heavy (non-hydrogen) atoms. The fourth-order valence-electron chi connectivity index (χ4n) is 5.31. The molecule has 0 radical (unpaired) electrons. The van der Waals surface area contributed by atoms with Gasteiger partial charge in [-0.25, -0.2) is 0 Å². The van der Waals surface area contributed by atoms with E-state index in [1.807, 2.05) is 41.3 Å². The molecule has 3 atom stereocenters. The summed E-state index contributed by atoms with van der Waals surface area (Å²) in [7, 11) is 3.04. The predicted octanol–water partition coefficient (Wildman–Crippen LogP) is 2.11. The van der Waals surface area contributed by atoms with Gasteiger partial charge in [-0.1, -0.05) is 24.8 Å². The minimum absolute atomic E-state index is 0.0272. The normalized spacial score (nSPS) is 24.7. The number of carbonyl (C=O) groups is 1. The molecule has 2 fully saturated rings. The van der Waals surface area contributed by atoms with Crippen LogP contribution in [-0.4, -0.2) is 42.7 Å². The molecule has 6 heteroatoms. The number of phenolic OH excluding ortho intramolecular Hbond substituents is 1. The van der Waals surface area contributed by atoms with Crippen molar-refractivity contribution in [3.05, 3.63) is 64.8 Å². The highest BCUT2D eigenvalue weighted by Crippen LogP contribution is 2.51. The maximum absolute atomic E-state index is 13.5. The molecule has 6 nitrogen and oxygen atoms in total. The number of allylic oxidation sites excluding steroid dienone is 1. The molecule has 5 rings (SSSR count). The number of amides is 1. The highest BCUT2D eigenvalue weighted by molar-refractivity contribution is 6.16. The van der Waals surface area contributed by atoms with Crippen molar-refractivity contribution >= 4 is 11.5 Å². The zero-order chi connectivity index (χ0) is 21.0.